The number of unbranched alkanes of at least 4 members (excludes halogenated alkanes) is 7. The van der Waals surface area contributed by atoms with E-state index >= 15 is 0 Å². The molecule has 1 aliphatic rings. The van der Waals surface area contributed by atoms with Crippen molar-refractivity contribution in [1.29, 1.82) is 0 Å². The smallest absolute Gasteiger partial charge is 0.305 e. The highest BCUT2D eigenvalue weighted by Gasteiger charge is 2.38. The minimum absolute atomic E-state index is 0.131. The van der Waals surface area contributed by atoms with Gasteiger partial charge in [0.15, 0.2) is 0 Å². The fourth-order valence-electron chi connectivity index (χ4n) is 2.94. The topological polar surface area (TPSA) is 55.9 Å². The zero-order valence-corrected chi connectivity index (χ0v) is 15.0. The van der Waals surface area contributed by atoms with Crippen molar-refractivity contribution >= 4 is 11.8 Å². The molecule has 2 atom stereocenters. The van der Waals surface area contributed by atoms with Crippen LogP contribution in [-0.2, 0) is 19.1 Å². The van der Waals surface area contributed by atoms with Gasteiger partial charge < -0.3 is 9.47 Å². The lowest BCUT2D eigenvalue weighted by Gasteiger charge is -2.01. The number of hydrogen-bond acceptors (Lipinski definition) is 4. The summed E-state index contributed by atoms with van der Waals surface area (Å²) in [6.45, 7) is 2.22. The molecule has 1 aliphatic heterocycles. The molecule has 1 saturated heterocycles. The van der Waals surface area contributed by atoms with Crippen LogP contribution >= 0.6 is 0 Å². The Bertz CT molecular complexity index is 340. The van der Waals surface area contributed by atoms with Gasteiger partial charge in [-0.2, -0.15) is 0 Å². The van der Waals surface area contributed by atoms with Crippen molar-refractivity contribution in [3.63, 3.8) is 0 Å². The van der Waals surface area contributed by atoms with E-state index in [0.29, 0.717) is 31.1 Å². The molecule has 1 rings (SSSR count). The molecular weight excluding hydrogens is 292 g/mol. The van der Waals surface area contributed by atoms with Gasteiger partial charge in [0.1, 0.15) is 5.78 Å². The first-order valence-corrected chi connectivity index (χ1v) is 9.41. The first kappa shape index (κ1) is 20.1. The van der Waals surface area contributed by atoms with Gasteiger partial charge in [-0.3, -0.25) is 9.59 Å². The second-order valence-corrected chi connectivity index (χ2v) is 6.65. The molecule has 0 aromatic heterocycles. The van der Waals surface area contributed by atoms with Crippen molar-refractivity contribution in [1.82, 2.24) is 0 Å². The summed E-state index contributed by atoms with van der Waals surface area (Å²) in [4.78, 5) is 22.8. The van der Waals surface area contributed by atoms with Gasteiger partial charge in [0.2, 0.25) is 0 Å². The number of hydrogen-bond donors (Lipinski definition) is 0. The van der Waals surface area contributed by atoms with Crippen LogP contribution in [0.15, 0.2) is 0 Å². The molecule has 0 aliphatic carbocycles. The van der Waals surface area contributed by atoms with Gasteiger partial charge in [0.25, 0.3) is 0 Å². The van der Waals surface area contributed by atoms with Gasteiger partial charge >= 0.3 is 5.97 Å². The summed E-state index contributed by atoms with van der Waals surface area (Å²) in [7, 11) is 1.42. The molecule has 0 amide bonds. The van der Waals surface area contributed by atoms with E-state index < -0.39 is 0 Å². The van der Waals surface area contributed by atoms with Gasteiger partial charge in [-0.25, -0.2) is 0 Å². The van der Waals surface area contributed by atoms with Gasteiger partial charge in [0.05, 0.1) is 19.3 Å². The Labute approximate surface area is 141 Å². The number of Topliss-reactive ketones (excluding diaryl/α,β-unsaturated/α-hetero) is 1. The van der Waals surface area contributed by atoms with Crippen molar-refractivity contribution < 1.29 is 19.1 Å². The fourth-order valence-corrected chi connectivity index (χ4v) is 2.94. The molecule has 0 bridgehead atoms. The van der Waals surface area contributed by atoms with Gasteiger partial charge in [-0.15, -0.1) is 0 Å². The zero-order chi connectivity index (χ0) is 16.9. The third-order valence-corrected chi connectivity index (χ3v) is 4.52. The molecule has 134 valence electrons. The number of esters is 1. The number of carbonyl (C=O) groups excluding carboxylic acids is 2. The van der Waals surface area contributed by atoms with E-state index in [0.717, 1.165) is 38.5 Å². The van der Waals surface area contributed by atoms with E-state index in [1.807, 2.05) is 0 Å². The predicted molar refractivity (Wildman–Crippen MR) is 91.4 cm³/mol. The van der Waals surface area contributed by atoms with Crippen molar-refractivity contribution in [3.05, 3.63) is 0 Å². The lowest BCUT2D eigenvalue weighted by Crippen LogP contribution is -2.05. The molecule has 23 heavy (non-hydrogen) atoms. The van der Waals surface area contributed by atoms with Crippen molar-refractivity contribution in [3.8, 4) is 0 Å². The Kier molecular flexibility index (Phi) is 11.0. The maximum absolute atomic E-state index is 11.9. The first-order valence-electron chi connectivity index (χ1n) is 9.41. The van der Waals surface area contributed by atoms with Gasteiger partial charge in [-0.1, -0.05) is 51.9 Å². The van der Waals surface area contributed by atoms with Gasteiger partial charge in [-0.05, 0) is 19.3 Å². The molecule has 1 heterocycles. The van der Waals surface area contributed by atoms with Crippen LogP contribution < -0.4 is 0 Å². The Morgan fingerprint density at radius 2 is 1.52 bits per heavy atom. The van der Waals surface area contributed by atoms with E-state index in [1.165, 1.54) is 32.8 Å². The predicted octanol–water partition coefficient (Wildman–Crippen LogP) is 4.59. The molecule has 4 heteroatoms. The second-order valence-electron chi connectivity index (χ2n) is 6.65. The highest BCUT2D eigenvalue weighted by Crippen LogP contribution is 2.30. The lowest BCUT2D eigenvalue weighted by molar-refractivity contribution is -0.140. The van der Waals surface area contributed by atoms with E-state index in [-0.39, 0.29) is 12.1 Å². The molecule has 4 nitrogen and oxygen atoms in total. The van der Waals surface area contributed by atoms with E-state index in [4.69, 9.17) is 4.74 Å². The number of epoxide rings is 1. The number of rotatable bonds is 15. The van der Waals surface area contributed by atoms with Crippen LogP contribution in [0, 0.1) is 0 Å². The third kappa shape index (κ3) is 10.5. The zero-order valence-electron chi connectivity index (χ0n) is 15.0. The van der Waals surface area contributed by atoms with Crippen LogP contribution in [0.1, 0.15) is 90.4 Å². The third-order valence-electron chi connectivity index (χ3n) is 4.52. The Balaban J connectivity index is 1.87. The summed E-state index contributed by atoms with van der Waals surface area (Å²) >= 11 is 0. The van der Waals surface area contributed by atoms with Crippen molar-refractivity contribution in [2.75, 3.05) is 7.11 Å². The lowest BCUT2D eigenvalue weighted by atomic mass is 10.0. The minimum Gasteiger partial charge on any atom is -0.469 e. The molecule has 0 spiro atoms. The molecule has 0 radical (unpaired) electrons. The number of methoxy groups -OCH3 is 1. The van der Waals surface area contributed by atoms with Crippen molar-refractivity contribution in [2.24, 2.45) is 0 Å². The standard InChI is InChI=1S/C19H34O4/c1-3-4-5-10-13-17-18(23-17)15-16(20)12-9-7-6-8-11-14-19(21)22-2/h17-18H,3-15H2,1-2H3. The maximum Gasteiger partial charge on any atom is 0.305 e. The molecule has 0 aromatic carbocycles. The number of ketones is 1. The SMILES string of the molecule is CCCCCCC1OC1CC(=O)CCCCCCCC(=O)OC. The van der Waals surface area contributed by atoms with E-state index in [1.54, 1.807) is 0 Å². The fraction of sp³-hybridized carbons (Fsp3) is 0.895. The van der Waals surface area contributed by atoms with E-state index in [9.17, 15) is 9.59 Å². The number of ether oxygens (including phenoxy) is 2. The highest BCUT2D eigenvalue weighted by atomic mass is 16.6. The second kappa shape index (κ2) is 12.5. The normalized spacial score (nSPS) is 19.6. The summed E-state index contributed by atoms with van der Waals surface area (Å²) in [6.07, 6.45) is 13.6. The summed E-state index contributed by atoms with van der Waals surface area (Å²) in [5.74, 6) is 0.217. The van der Waals surface area contributed by atoms with Crippen LogP contribution in [0.25, 0.3) is 0 Å². The summed E-state index contributed by atoms with van der Waals surface area (Å²) in [6, 6.07) is 0. The maximum atomic E-state index is 11.9. The van der Waals surface area contributed by atoms with Crippen LogP contribution in [0.3, 0.4) is 0 Å². The monoisotopic (exact) mass is 326 g/mol. The number of carbonyl (C=O) groups is 2. The summed E-state index contributed by atoms with van der Waals surface area (Å²) in [5, 5.41) is 0. The van der Waals surface area contributed by atoms with Crippen molar-refractivity contribution in [2.45, 2.75) is 103 Å². The minimum atomic E-state index is -0.131. The average molecular weight is 326 g/mol. The van der Waals surface area contributed by atoms with Crippen LogP contribution in [-0.4, -0.2) is 31.1 Å². The van der Waals surface area contributed by atoms with Crippen LogP contribution in [0.5, 0.6) is 0 Å². The summed E-state index contributed by atoms with van der Waals surface area (Å²) < 4.78 is 10.2. The first-order chi connectivity index (χ1) is 11.2. The average Bonchev–Trinajstić information content (AvgIpc) is 3.28. The molecular formula is C19H34O4. The van der Waals surface area contributed by atoms with Crippen LogP contribution in [0.4, 0.5) is 0 Å². The van der Waals surface area contributed by atoms with Crippen LogP contribution in [0.2, 0.25) is 0 Å². The van der Waals surface area contributed by atoms with Gasteiger partial charge in [0, 0.05) is 19.3 Å². The largest absolute Gasteiger partial charge is 0.469 e. The molecule has 0 N–H and O–H groups in total. The molecule has 0 aromatic rings. The molecule has 1 fully saturated rings. The highest BCUT2D eigenvalue weighted by molar-refractivity contribution is 5.79. The summed E-state index contributed by atoms with van der Waals surface area (Å²) in [5.41, 5.74) is 0. The van der Waals surface area contributed by atoms with E-state index in [2.05, 4.69) is 11.7 Å². The molecule has 0 saturated carbocycles. The Morgan fingerprint density at radius 1 is 0.870 bits per heavy atom. The Hall–Kier alpha value is -0.900. The quantitative estimate of drug-likeness (QED) is 0.251. The Morgan fingerprint density at radius 3 is 2.22 bits per heavy atom. The molecule has 2 unspecified atom stereocenters.